The number of benzene rings is 1. The third kappa shape index (κ3) is 3.94. The SMILES string of the molecule is COc1ccccc1C(C)NCCS(C)=O. The van der Waals surface area contributed by atoms with Gasteiger partial charge in [0.05, 0.1) is 7.11 Å². The van der Waals surface area contributed by atoms with Gasteiger partial charge in [-0.1, -0.05) is 18.2 Å². The van der Waals surface area contributed by atoms with E-state index in [9.17, 15) is 4.21 Å². The first kappa shape index (κ1) is 13.2. The molecule has 4 heteroatoms. The molecule has 0 heterocycles. The van der Waals surface area contributed by atoms with Gasteiger partial charge in [-0.2, -0.15) is 0 Å². The molecule has 2 atom stereocenters. The molecule has 0 fully saturated rings. The minimum Gasteiger partial charge on any atom is -0.496 e. The molecular weight excluding hydrogens is 222 g/mol. The molecule has 3 nitrogen and oxygen atoms in total. The summed E-state index contributed by atoms with van der Waals surface area (Å²) in [5.74, 6) is 1.57. The van der Waals surface area contributed by atoms with E-state index in [1.54, 1.807) is 13.4 Å². The number of hydrogen-bond donors (Lipinski definition) is 1. The van der Waals surface area contributed by atoms with Crippen LogP contribution in [0, 0.1) is 0 Å². The zero-order valence-corrected chi connectivity index (χ0v) is 10.8. The van der Waals surface area contributed by atoms with Crippen molar-refractivity contribution in [3.05, 3.63) is 29.8 Å². The Morgan fingerprint density at radius 1 is 1.44 bits per heavy atom. The number of ether oxygens (including phenoxy) is 1. The molecule has 2 unspecified atom stereocenters. The lowest BCUT2D eigenvalue weighted by Crippen LogP contribution is -2.23. The normalized spacial score (nSPS) is 14.4. The highest BCUT2D eigenvalue weighted by Crippen LogP contribution is 2.23. The van der Waals surface area contributed by atoms with Gasteiger partial charge in [-0.15, -0.1) is 0 Å². The van der Waals surface area contributed by atoms with Gasteiger partial charge in [-0.25, -0.2) is 0 Å². The molecule has 1 aromatic carbocycles. The smallest absolute Gasteiger partial charge is 0.123 e. The van der Waals surface area contributed by atoms with Crippen LogP contribution >= 0.6 is 0 Å². The number of rotatable bonds is 6. The minimum absolute atomic E-state index is 0.208. The molecule has 0 aliphatic rings. The number of methoxy groups -OCH3 is 1. The van der Waals surface area contributed by atoms with Crippen LogP contribution in [0.3, 0.4) is 0 Å². The van der Waals surface area contributed by atoms with Crippen molar-refractivity contribution in [2.24, 2.45) is 0 Å². The van der Waals surface area contributed by atoms with E-state index in [2.05, 4.69) is 12.2 Å². The zero-order valence-electron chi connectivity index (χ0n) is 10.0. The van der Waals surface area contributed by atoms with E-state index < -0.39 is 10.8 Å². The van der Waals surface area contributed by atoms with Crippen molar-refractivity contribution in [3.8, 4) is 5.75 Å². The quantitative estimate of drug-likeness (QED) is 0.824. The Morgan fingerprint density at radius 3 is 2.75 bits per heavy atom. The fraction of sp³-hybridized carbons (Fsp3) is 0.500. The van der Waals surface area contributed by atoms with Crippen molar-refractivity contribution in [3.63, 3.8) is 0 Å². The van der Waals surface area contributed by atoms with Gasteiger partial charge in [0, 0.05) is 41.0 Å². The number of para-hydroxylation sites is 1. The van der Waals surface area contributed by atoms with Crippen LogP contribution in [0.15, 0.2) is 24.3 Å². The molecule has 1 rings (SSSR count). The van der Waals surface area contributed by atoms with Crippen LogP contribution in [-0.4, -0.2) is 29.9 Å². The maximum Gasteiger partial charge on any atom is 0.123 e. The van der Waals surface area contributed by atoms with Crippen molar-refractivity contribution in [1.29, 1.82) is 0 Å². The van der Waals surface area contributed by atoms with E-state index in [0.29, 0.717) is 5.75 Å². The lowest BCUT2D eigenvalue weighted by molar-refractivity contribution is 0.402. The summed E-state index contributed by atoms with van der Waals surface area (Å²) >= 11 is 0. The summed E-state index contributed by atoms with van der Waals surface area (Å²) in [5, 5.41) is 3.33. The van der Waals surface area contributed by atoms with E-state index in [1.165, 1.54) is 0 Å². The highest BCUT2D eigenvalue weighted by atomic mass is 32.2. The van der Waals surface area contributed by atoms with Gasteiger partial charge in [0.15, 0.2) is 0 Å². The van der Waals surface area contributed by atoms with Gasteiger partial charge in [0.25, 0.3) is 0 Å². The van der Waals surface area contributed by atoms with Crippen LogP contribution in [0.4, 0.5) is 0 Å². The highest BCUT2D eigenvalue weighted by Gasteiger charge is 2.09. The minimum atomic E-state index is -0.739. The first-order chi connectivity index (χ1) is 7.65. The van der Waals surface area contributed by atoms with Crippen LogP contribution in [0.25, 0.3) is 0 Å². The number of nitrogens with one attached hydrogen (secondary N) is 1. The molecule has 0 saturated carbocycles. The molecule has 1 aromatic rings. The second-order valence-corrected chi connectivity index (χ2v) is 5.25. The van der Waals surface area contributed by atoms with Crippen LogP contribution in [0.1, 0.15) is 18.5 Å². The van der Waals surface area contributed by atoms with Crippen molar-refractivity contribution in [1.82, 2.24) is 5.32 Å². The molecule has 0 bridgehead atoms. The predicted molar refractivity (Wildman–Crippen MR) is 68.3 cm³/mol. The summed E-state index contributed by atoms with van der Waals surface area (Å²) in [6, 6.07) is 8.15. The fourth-order valence-corrected chi connectivity index (χ4v) is 1.96. The molecule has 90 valence electrons. The maximum absolute atomic E-state index is 10.9. The average Bonchev–Trinajstić information content (AvgIpc) is 2.28. The fourth-order valence-electron chi connectivity index (χ4n) is 1.55. The summed E-state index contributed by atoms with van der Waals surface area (Å²) in [4.78, 5) is 0. The van der Waals surface area contributed by atoms with Gasteiger partial charge >= 0.3 is 0 Å². The predicted octanol–water partition coefficient (Wildman–Crippen LogP) is 1.72. The molecular formula is C12H19NO2S. The van der Waals surface area contributed by atoms with Crippen LogP contribution in [0.5, 0.6) is 5.75 Å². The molecule has 0 aliphatic carbocycles. The Morgan fingerprint density at radius 2 is 2.12 bits per heavy atom. The lowest BCUT2D eigenvalue weighted by atomic mass is 10.1. The van der Waals surface area contributed by atoms with Crippen LogP contribution < -0.4 is 10.1 Å². The Balaban J connectivity index is 2.58. The lowest BCUT2D eigenvalue weighted by Gasteiger charge is -2.16. The van der Waals surface area contributed by atoms with Gasteiger partial charge in [0.2, 0.25) is 0 Å². The largest absolute Gasteiger partial charge is 0.496 e. The van der Waals surface area contributed by atoms with E-state index >= 15 is 0 Å². The molecule has 0 radical (unpaired) electrons. The first-order valence-corrected chi connectivity index (χ1v) is 7.04. The summed E-state index contributed by atoms with van der Waals surface area (Å²) in [6.07, 6.45) is 1.72. The molecule has 0 amide bonds. The standard InChI is InChI=1S/C12H19NO2S/c1-10(13-8-9-16(3)14)11-6-4-5-7-12(11)15-2/h4-7,10,13H,8-9H2,1-3H3. The third-order valence-electron chi connectivity index (χ3n) is 2.45. The first-order valence-electron chi connectivity index (χ1n) is 5.31. The summed E-state index contributed by atoms with van der Waals surface area (Å²) < 4.78 is 16.2. The highest BCUT2D eigenvalue weighted by molar-refractivity contribution is 7.84. The van der Waals surface area contributed by atoms with Crippen molar-refractivity contribution in [2.75, 3.05) is 25.7 Å². The monoisotopic (exact) mass is 241 g/mol. The van der Waals surface area contributed by atoms with Crippen molar-refractivity contribution in [2.45, 2.75) is 13.0 Å². The average molecular weight is 241 g/mol. The topological polar surface area (TPSA) is 38.3 Å². The van der Waals surface area contributed by atoms with Gasteiger partial charge in [-0.05, 0) is 13.0 Å². The Hall–Kier alpha value is -0.870. The van der Waals surface area contributed by atoms with E-state index in [1.807, 2.05) is 24.3 Å². The van der Waals surface area contributed by atoms with Gasteiger partial charge in [0.1, 0.15) is 5.75 Å². The van der Waals surface area contributed by atoms with E-state index in [-0.39, 0.29) is 6.04 Å². The van der Waals surface area contributed by atoms with Gasteiger partial charge in [-0.3, -0.25) is 4.21 Å². The molecule has 0 spiro atoms. The van der Waals surface area contributed by atoms with Crippen LogP contribution in [0.2, 0.25) is 0 Å². The van der Waals surface area contributed by atoms with Crippen LogP contribution in [-0.2, 0) is 10.8 Å². The number of hydrogen-bond acceptors (Lipinski definition) is 3. The summed E-state index contributed by atoms with van der Waals surface area (Å²) in [5.41, 5.74) is 1.13. The molecule has 0 aromatic heterocycles. The Bertz CT molecular complexity index is 355. The second kappa shape index (κ2) is 6.66. The summed E-state index contributed by atoms with van der Waals surface area (Å²) in [6.45, 7) is 2.83. The summed E-state index contributed by atoms with van der Waals surface area (Å²) in [7, 11) is 0.934. The molecule has 1 N–H and O–H groups in total. The second-order valence-electron chi connectivity index (χ2n) is 3.70. The maximum atomic E-state index is 10.9. The van der Waals surface area contributed by atoms with E-state index in [4.69, 9.17) is 4.74 Å². The van der Waals surface area contributed by atoms with Crippen molar-refractivity contribution >= 4 is 10.8 Å². The third-order valence-corrected chi connectivity index (χ3v) is 3.22. The molecule has 0 saturated heterocycles. The van der Waals surface area contributed by atoms with Gasteiger partial charge < -0.3 is 10.1 Å². The molecule has 16 heavy (non-hydrogen) atoms. The van der Waals surface area contributed by atoms with Crippen molar-refractivity contribution < 1.29 is 8.95 Å². The Labute approximate surface area is 99.7 Å². The Kier molecular flexibility index (Phi) is 5.49. The molecule has 0 aliphatic heterocycles. The zero-order chi connectivity index (χ0) is 12.0. The van der Waals surface area contributed by atoms with E-state index in [0.717, 1.165) is 17.9 Å².